The number of hydrogen-bond acceptors (Lipinski definition) is 7. The van der Waals surface area contributed by atoms with Crippen molar-refractivity contribution >= 4 is 28.9 Å². The maximum Gasteiger partial charge on any atom is 0.170 e. The minimum atomic E-state index is 0.280. The van der Waals surface area contributed by atoms with E-state index in [2.05, 4.69) is 20.3 Å². The van der Waals surface area contributed by atoms with Crippen LogP contribution in [0.3, 0.4) is 0 Å². The molecule has 2 aromatic heterocycles. The van der Waals surface area contributed by atoms with Gasteiger partial charge in [0.1, 0.15) is 16.5 Å². The average molecular weight is 293 g/mol. The Hall–Kier alpha value is -2.54. The Morgan fingerprint density at radius 1 is 1.35 bits per heavy atom. The first kappa shape index (κ1) is 13.9. The van der Waals surface area contributed by atoms with Gasteiger partial charge >= 0.3 is 0 Å². The highest BCUT2D eigenvalue weighted by molar-refractivity contribution is 6.35. The predicted octanol–water partition coefficient (Wildman–Crippen LogP) is 1.48. The molecule has 0 spiro atoms. The van der Waals surface area contributed by atoms with Crippen LogP contribution in [0.25, 0.3) is 5.76 Å². The molecule has 2 aromatic rings. The minimum absolute atomic E-state index is 0.280. The third-order valence-corrected chi connectivity index (χ3v) is 2.83. The number of aromatic nitrogens is 3. The van der Waals surface area contributed by atoms with Crippen LogP contribution < -0.4 is 21.5 Å². The smallest absolute Gasteiger partial charge is 0.170 e. The number of rotatable bonds is 4. The Morgan fingerprint density at radius 3 is 2.75 bits per heavy atom. The van der Waals surface area contributed by atoms with E-state index in [9.17, 15) is 0 Å². The van der Waals surface area contributed by atoms with Crippen LogP contribution in [-0.4, -0.2) is 22.0 Å². The molecule has 7 nitrogen and oxygen atoms in total. The predicted molar refractivity (Wildman–Crippen MR) is 78.0 cm³/mol. The van der Waals surface area contributed by atoms with E-state index in [1.807, 2.05) is 0 Å². The Morgan fingerprint density at radius 2 is 2.15 bits per heavy atom. The first-order valence-corrected chi connectivity index (χ1v) is 6.03. The molecule has 0 atom stereocenters. The highest BCUT2D eigenvalue weighted by Gasteiger charge is 2.14. The van der Waals surface area contributed by atoms with E-state index in [1.165, 1.54) is 24.8 Å². The molecule has 2 heterocycles. The monoisotopic (exact) mass is 292 g/mol. The summed E-state index contributed by atoms with van der Waals surface area (Å²) >= 11 is 6.19. The van der Waals surface area contributed by atoms with Crippen LogP contribution in [0.2, 0.25) is 5.02 Å². The summed E-state index contributed by atoms with van der Waals surface area (Å²) in [5.74, 6) is 0.906. The van der Waals surface area contributed by atoms with Crippen molar-refractivity contribution in [2.24, 2.45) is 5.73 Å². The molecule has 20 heavy (non-hydrogen) atoms. The molecule has 0 saturated heterocycles. The fraction of sp³-hybridized carbons (Fsp3) is 0.0833. The topological polar surface area (TPSA) is 112 Å². The number of nitrogens with zero attached hydrogens (tertiary/aromatic N) is 3. The zero-order chi connectivity index (χ0) is 14.5. The van der Waals surface area contributed by atoms with Crippen molar-refractivity contribution in [2.45, 2.75) is 0 Å². The van der Waals surface area contributed by atoms with Gasteiger partial charge < -0.3 is 21.5 Å². The van der Waals surface area contributed by atoms with Crippen LogP contribution in [0.1, 0.15) is 5.69 Å². The minimum Gasteiger partial charge on any atom is -0.450 e. The van der Waals surface area contributed by atoms with Crippen LogP contribution in [0.5, 0.6) is 5.75 Å². The second-order valence-electron chi connectivity index (χ2n) is 3.67. The van der Waals surface area contributed by atoms with Gasteiger partial charge in [0.15, 0.2) is 11.5 Å². The van der Waals surface area contributed by atoms with E-state index >= 15 is 0 Å². The van der Waals surface area contributed by atoms with E-state index in [-0.39, 0.29) is 5.82 Å². The lowest BCUT2D eigenvalue weighted by Crippen LogP contribution is -2.04. The standard InChI is InChI=1S/C12H13ClN6O/c1-16-11-10(13)9(6-19-12(11)15)20-8(4-14)7-5-17-2-3-18-7/h2-6,16H,14H2,1H3,(H2,15,19)/b8-4+. The molecule has 0 aromatic carbocycles. The van der Waals surface area contributed by atoms with Crippen molar-refractivity contribution in [1.82, 2.24) is 15.0 Å². The maximum absolute atomic E-state index is 6.19. The SMILES string of the molecule is CNc1c(N)ncc(O/C(=C/N)c2cnccn2)c1Cl. The Balaban J connectivity index is 2.35. The van der Waals surface area contributed by atoms with Gasteiger partial charge in [0.25, 0.3) is 0 Å². The lowest BCUT2D eigenvalue weighted by Gasteiger charge is -2.13. The molecule has 2 rings (SSSR count). The summed E-state index contributed by atoms with van der Waals surface area (Å²) in [7, 11) is 1.69. The molecule has 0 fully saturated rings. The number of nitrogens with two attached hydrogens (primary N) is 2. The van der Waals surface area contributed by atoms with Crippen molar-refractivity contribution in [3.63, 3.8) is 0 Å². The van der Waals surface area contributed by atoms with Gasteiger partial charge in [-0.3, -0.25) is 4.98 Å². The van der Waals surface area contributed by atoms with Crippen molar-refractivity contribution in [3.8, 4) is 5.75 Å². The van der Waals surface area contributed by atoms with Gasteiger partial charge in [-0.25, -0.2) is 9.97 Å². The van der Waals surface area contributed by atoms with Gasteiger partial charge in [-0.1, -0.05) is 11.6 Å². The molecule has 0 aliphatic carbocycles. The second kappa shape index (κ2) is 6.07. The number of halogens is 1. The normalized spacial score (nSPS) is 11.2. The average Bonchev–Trinajstić information content (AvgIpc) is 2.48. The molecule has 0 radical (unpaired) electrons. The van der Waals surface area contributed by atoms with Crippen molar-refractivity contribution in [1.29, 1.82) is 0 Å². The zero-order valence-electron chi connectivity index (χ0n) is 10.7. The number of ether oxygens (including phenoxy) is 1. The molecule has 0 amide bonds. The van der Waals surface area contributed by atoms with Crippen molar-refractivity contribution in [2.75, 3.05) is 18.1 Å². The molecule has 8 heteroatoms. The maximum atomic E-state index is 6.19. The zero-order valence-corrected chi connectivity index (χ0v) is 11.4. The molecule has 0 saturated carbocycles. The van der Waals surface area contributed by atoms with E-state index < -0.39 is 0 Å². The van der Waals surface area contributed by atoms with Gasteiger partial charge in [0, 0.05) is 25.6 Å². The summed E-state index contributed by atoms with van der Waals surface area (Å²) in [5.41, 5.74) is 12.2. The van der Waals surface area contributed by atoms with E-state index in [1.54, 1.807) is 13.2 Å². The van der Waals surface area contributed by atoms with Gasteiger partial charge in [-0.05, 0) is 0 Å². The summed E-state index contributed by atoms with van der Waals surface area (Å²) in [6.45, 7) is 0. The van der Waals surface area contributed by atoms with Crippen LogP contribution in [0, 0.1) is 0 Å². The quantitative estimate of drug-likeness (QED) is 0.732. The second-order valence-corrected chi connectivity index (χ2v) is 4.05. The lowest BCUT2D eigenvalue weighted by atomic mass is 10.3. The van der Waals surface area contributed by atoms with Crippen LogP contribution in [0.15, 0.2) is 31.0 Å². The summed E-state index contributed by atoms with van der Waals surface area (Å²) < 4.78 is 5.62. The summed E-state index contributed by atoms with van der Waals surface area (Å²) in [6, 6.07) is 0. The molecule has 0 aliphatic rings. The van der Waals surface area contributed by atoms with E-state index in [0.29, 0.717) is 27.9 Å². The van der Waals surface area contributed by atoms with Crippen molar-refractivity contribution < 1.29 is 4.74 Å². The van der Waals surface area contributed by atoms with Crippen LogP contribution in [0.4, 0.5) is 11.5 Å². The first-order chi connectivity index (χ1) is 9.67. The molecule has 104 valence electrons. The molecule has 5 N–H and O–H groups in total. The Kier molecular flexibility index (Phi) is 4.21. The van der Waals surface area contributed by atoms with Crippen LogP contribution in [-0.2, 0) is 0 Å². The Labute approximate surface area is 120 Å². The molecule has 0 aliphatic heterocycles. The van der Waals surface area contributed by atoms with E-state index in [0.717, 1.165) is 0 Å². The molecular formula is C12H13ClN6O. The fourth-order valence-corrected chi connectivity index (χ4v) is 1.79. The summed E-state index contributed by atoms with van der Waals surface area (Å²) in [5, 5.41) is 3.17. The molecule has 0 unspecified atom stereocenters. The van der Waals surface area contributed by atoms with Crippen LogP contribution >= 0.6 is 11.6 Å². The first-order valence-electron chi connectivity index (χ1n) is 5.65. The van der Waals surface area contributed by atoms with E-state index in [4.69, 9.17) is 27.8 Å². The number of nitrogen functional groups attached to an aromatic ring is 1. The summed E-state index contributed by atoms with van der Waals surface area (Å²) in [4.78, 5) is 12.0. The van der Waals surface area contributed by atoms with Gasteiger partial charge in [-0.15, -0.1) is 0 Å². The molecule has 0 bridgehead atoms. The van der Waals surface area contributed by atoms with Crippen molar-refractivity contribution in [3.05, 3.63) is 41.7 Å². The van der Waals surface area contributed by atoms with Gasteiger partial charge in [0.2, 0.25) is 0 Å². The lowest BCUT2D eigenvalue weighted by molar-refractivity contribution is 0.508. The third kappa shape index (κ3) is 2.72. The number of anilines is 2. The highest BCUT2D eigenvalue weighted by atomic mass is 35.5. The fourth-order valence-electron chi connectivity index (χ4n) is 1.51. The third-order valence-electron chi connectivity index (χ3n) is 2.45. The van der Waals surface area contributed by atoms with Gasteiger partial charge in [-0.2, -0.15) is 0 Å². The largest absolute Gasteiger partial charge is 0.450 e. The van der Waals surface area contributed by atoms with Gasteiger partial charge in [0.05, 0.1) is 18.1 Å². The summed E-state index contributed by atoms with van der Waals surface area (Å²) in [6.07, 6.45) is 7.29. The number of hydrogen-bond donors (Lipinski definition) is 3. The number of nitrogens with one attached hydrogen (secondary N) is 1. The highest BCUT2D eigenvalue weighted by Crippen LogP contribution is 2.36. The Bertz CT molecular complexity index is 631. The number of pyridine rings is 1. The molecular weight excluding hydrogens is 280 g/mol.